The van der Waals surface area contributed by atoms with Crippen molar-refractivity contribution in [3.8, 4) is 11.4 Å². The van der Waals surface area contributed by atoms with Gasteiger partial charge in [-0.2, -0.15) is 4.80 Å². The first-order valence-corrected chi connectivity index (χ1v) is 9.27. The van der Waals surface area contributed by atoms with Crippen molar-refractivity contribution in [1.29, 1.82) is 0 Å². The Kier molecular flexibility index (Phi) is 4.96. The largest absolute Gasteiger partial charge is 0.341 e. The first-order chi connectivity index (χ1) is 13.6. The molecule has 1 amide bonds. The van der Waals surface area contributed by atoms with Gasteiger partial charge in [-0.25, -0.2) is 4.98 Å². The van der Waals surface area contributed by atoms with Crippen molar-refractivity contribution < 1.29 is 4.79 Å². The van der Waals surface area contributed by atoms with Crippen LogP contribution in [0.4, 0.5) is 0 Å². The summed E-state index contributed by atoms with van der Waals surface area (Å²) in [7, 11) is 0. The Bertz CT molecular complexity index is 1020. The SMILES string of the molecule is Cc1nc(C2CCN(C(=O)Cn3nnc(-c4ccccc4)n3)CC2)cc(=O)[nH]1. The summed E-state index contributed by atoms with van der Waals surface area (Å²) in [6, 6.07) is 11.1. The molecule has 1 aromatic carbocycles. The maximum atomic E-state index is 12.6. The van der Waals surface area contributed by atoms with E-state index in [4.69, 9.17) is 0 Å². The van der Waals surface area contributed by atoms with Crippen molar-refractivity contribution in [2.75, 3.05) is 13.1 Å². The Balaban J connectivity index is 1.35. The number of piperidine rings is 1. The van der Waals surface area contributed by atoms with Gasteiger partial charge in [-0.1, -0.05) is 30.3 Å². The summed E-state index contributed by atoms with van der Waals surface area (Å²) in [5, 5.41) is 12.3. The van der Waals surface area contributed by atoms with Crippen molar-refractivity contribution in [2.45, 2.75) is 32.2 Å². The molecule has 2 aromatic heterocycles. The van der Waals surface area contributed by atoms with Gasteiger partial charge in [0.1, 0.15) is 12.4 Å². The molecule has 1 saturated heterocycles. The van der Waals surface area contributed by atoms with E-state index in [0.717, 1.165) is 24.1 Å². The van der Waals surface area contributed by atoms with Crippen LogP contribution >= 0.6 is 0 Å². The van der Waals surface area contributed by atoms with Crippen LogP contribution in [0, 0.1) is 6.92 Å². The number of carbonyl (C=O) groups excluding carboxylic acids is 1. The molecule has 4 rings (SSSR count). The predicted molar refractivity (Wildman–Crippen MR) is 101 cm³/mol. The van der Waals surface area contributed by atoms with Crippen LogP contribution in [-0.4, -0.2) is 54.1 Å². The number of nitrogens with one attached hydrogen (secondary N) is 1. The van der Waals surface area contributed by atoms with Gasteiger partial charge in [0, 0.05) is 30.6 Å². The number of likely N-dealkylation sites (tertiary alicyclic amines) is 1. The highest BCUT2D eigenvalue weighted by Crippen LogP contribution is 2.26. The molecule has 0 unspecified atom stereocenters. The average molecular weight is 379 g/mol. The minimum Gasteiger partial charge on any atom is -0.341 e. The highest BCUT2D eigenvalue weighted by atomic mass is 16.2. The Morgan fingerprint density at radius 3 is 2.68 bits per heavy atom. The van der Waals surface area contributed by atoms with Crippen LogP contribution in [0.2, 0.25) is 0 Å². The van der Waals surface area contributed by atoms with Crippen LogP contribution in [0.1, 0.15) is 30.3 Å². The molecular weight excluding hydrogens is 358 g/mol. The van der Waals surface area contributed by atoms with Crippen molar-refractivity contribution in [1.82, 2.24) is 35.1 Å². The van der Waals surface area contributed by atoms with E-state index in [-0.39, 0.29) is 23.9 Å². The van der Waals surface area contributed by atoms with Gasteiger partial charge in [-0.05, 0) is 25.0 Å². The van der Waals surface area contributed by atoms with E-state index >= 15 is 0 Å². The highest BCUT2D eigenvalue weighted by Gasteiger charge is 2.25. The fourth-order valence-electron chi connectivity index (χ4n) is 3.47. The minimum absolute atomic E-state index is 0.0366. The summed E-state index contributed by atoms with van der Waals surface area (Å²) in [4.78, 5) is 34.5. The number of aromatic nitrogens is 6. The molecule has 1 aliphatic rings. The molecule has 28 heavy (non-hydrogen) atoms. The summed E-state index contributed by atoms with van der Waals surface area (Å²) in [5.41, 5.74) is 1.54. The van der Waals surface area contributed by atoms with Crippen LogP contribution in [0.15, 0.2) is 41.2 Å². The topological polar surface area (TPSA) is 110 Å². The summed E-state index contributed by atoms with van der Waals surface area (Å²) < 4.78 is 0. The third-order valence-electron chi connectivity index (χ3n) is 4.91. The Morgan fingerprint density at radius 1 is 1.21 bits per heavy atom. The zero-order valence-electron chi connectivity index (χ0n) is 15.6. The molecule has 3 heterocycles. The standard InChI is InChI=1S/C19H21N7O2/c1-13-20-16(11-17(27)21-13)14-7-9-25(10-8-14)18(28)12-26-23-19(22-24-26)15-5-3-2-4-6-15/h2-6,11,14H,7-10,12H2,1H3,(H,20,21,27). The van der Waals surface area contributed by atoms with Crippen LogP contribution < -0.4 is 5.56 Å². The van der Waals surface area contributed by atoms with Crippen LogP contribution in [0.3, 0.4) is 0 Å². The van der Waals surface area contributed by atoms with Gasteiger partial charge in [0.15, 0.2) is 0 Å². The van der Waals surface area contributed by atoms with E-state index in [1.54, 1.807) is 13.0 Å². The molecule has 1 aliphatic heterocycles. The number of amides is 1. The summed E-state index contributed by atoms with van der Waals surface area (Å²) >= 11 is 0. The minimum atomic E-state index is -0.132. The van der Waals surface area contributed by atoms with E-state index in [0.29, 0.717) is 24.7 Å². The van der Waals surface area contributed by atoms with Gasteiger partial charge in [0.05, 0.1) is 5.69 Å². The molecule has 0 bridgehead atoms. The van der Waals surface area contributed by atoms with E-state index in [2.05, 4.69) is 25.4 Å². The number of rotatable bonds is 4. The van der Waals surface area contributed by atoms with E-state index in [1.165, 1.54) is 4.80 Å². The second-order valence-corrected chi connectivity index (χ2v) is 6.92. The van der Waals surface area contributed by atoms with Crippen molar-refractivity contribution >= 4 is 5.91 Å². The number of nitrogens with zero attached hydrogens (tertiary/aromatic N) is 6. The Labute approximate surface area is 161 Å². The molecule has 144 valence electrons. The molecule has 1 fully saturated rings. The number of aryl methyl sites for hydroxylation is 1. The van der Waals surface area contributed by atoms with Gasteiger partial charge in [0.25, 0.3) is 5.56 Å². The third kappa shape index (κ3) is 3.98. The number of H-pyrrole nitrogens is 1. The molecule has 1 N–H and O–H groups in total. The van der Waals surface area contributed by atoms with Crippen molar-refractivity contribution in [2.24, 2.45) is 0 Å². The molecule has 0 saturated carbocycles. The van der Waals surface area contributed by atoms with Gasteiger partial charge in [-0.15, -0.1) is 10.2 Å². The fraction of sp³-hybridized carbons (Fsp3) is 0.368. The number of aromatic amines is 1. The predicted octanol–water partition coefficient (Wildman–Crippen LogP) is 1.14. The first-order valence-electron chi connectivity index (χ1n) is 9.27. The summed E-state index contributed by atoms with van der Waals surface area (Å²) in [5.74, 6) is 1.28. The zero-order valence-corrected chi connectivity index (χ0v) is 15.6. The number of tetrazole rings is 1. The second-order valence-electron chi connectivity index (χ2n) is 6.92. The summed E-state index contributed by atoms with van der Waals surface area (Å²) in [6.45, 7) is 3.08. The second kappa shape index (κ2) is 7.71. The fourth-order valence-corrected chi connectivity index (χ4v) is 3.47. The summed E-state index contributed by atoms with van der Waals surface area (Å²) in [6.07, 6.45) is 1.56. The lowest BCUT2D eigenvalue weighted by atomic mass is 9.93. The molecule has 0 spiro atoms. The molecule has 9 nitrogen and oxygen atoms in total. The first kappa shape index (κ1) is 18.0. The number of benzene rings is 1. The van der Waals surface area contributed by atoms with Crippen LogP contribution in [0.5, 0.6) is 0 Å². The number of hydrogen-bond donors (Lipinski definition) is 1. The molecule has 0 radical (unpaired) electrons. The molecular formula is C19H21N7O2. The molecule has 9 heteroatoms. The average Bonchev–Trinajstić information content (AvgIpc) is 3.16. The van der Waals surface area contributed by atoms with Gasteiger partial charge < -0.3 is 9.88 Å². The number of carbonyl (C=O) groups is 1. The lowest BCUT2D eigenvalue weighted by Crippen LogP contribution is -2.40. The number of hydrogen-bond acceptors (Lipinski definition) is 6. The van der Waals surface area contributed by atoms with Gasteiger partial charge in [-0.3, -0.25) is 9.59 Å². The lowest BCUT2D eigenvalue weighted by molar-refractivity contribution is -0.133. The van der Waals surface area contributed by atoms with Crippen molar-refractivity contribution in [3.05, 3.63) is 58.3 Å². The lowest BCUT2D eigenvalue weighted by Gasteiger charge is -2.31. The molecule has 3 aromatic rings. The molecule has 0 aliphatic carbocycles. The third-order valence-corrected chi connectivity index (χ3v) is 4.91. The maximum Gasteiger partial charge on any atom is 0.251 e. The van der Waals surface area contributed by atoms with E-state index < -0.39 is 0 Å². The van der Waals surface area contributed by atoms with Crippen molar-refractivity contribution in [3.63, 3.8) is 0 Å². The maximum absolute atomic E-state index is 12.6. The van der Waals surface area contributed by atoms with E-state index in [9.17, 15) is 9.59 Å². The Morgan fingerprint density at radius 2 is 1.96 bits per heavy atom. The van der Waals surface area contributed by atoms with Gasteiger partial charge in [0.2, 0.25) is 11.7 Å². The van der Waals surface area contributed by atoms with E-state index in [1.807, 2.05) is 35.2 Å². The quantitative estimate of drug-likeness (QED) is 0.728. The smallest absolute Gasteiger partial charge is 0.251 e. The molecule has 0 atom stereocenters. The normalized spacial score (nSPS) is 15.0. The monoisotopic (exact) mass is 379 g/mol. The van der Waals surface area contributed by atoms with Crippen LogP contribution in [-0.2, 0) is 11.3 Å². The van der Waals surface area contributed by atoms with Gasteiger partial charge >= 0.3 is 0 Å². The van der Waals surface area contributed by atoms with Crippen LogP contribution in [0.25, 0.3) is 11.4 Å². The Hall–Kier alpha value is -3.36. The zero-order chi connectivity index (χ0) is 19.5. The highest BCUT2D eigenvalue weighted by molar-refractivity contribution is 5.76.